The van der Waals surface area contributed by atoms with E-state index in [2.05, 4.69) is 10.6 Å². The zero-order chi connectivity index (χ0) is 15.3. The summed E-state index contributed by atoms with van der Waals surface area (Å²) in [5.74, 6) is -1.73. The molecule has 0 radical (unpaired) electrons. The van der Waals surface area contributed by atoms with Crippen molar-refractivity contribution in [2.24, 2.45) is 5.41 Å². The van der Waals surface area contributed by atoms with E-state index in [1.807, 2.05) is 19.1 Å². The van der Waals surface area contributed by atoms with Crippen LogP contribution in [0, 0.1) is 12.3 Å². The van der Waals surface area contributed by atoms with Gasteiger partial charge in [-0.15, -0.1) is 0 Å². The highest BCUT2D eigenvalue weighted by molar-refractivity contribution is 6.02. The van der Waals surface area contributed by atoms with Gasteiger partial charge in [-0.3, -0.25) is 14.9 Å². The second kappa shape index (κ2) is 6.18. The zero-order valence-corrected chi connectivity index (χ0v) is 11.7. The molecule has 0 bridgehead atoms. The molecule has 0 atom stereocenters. The van der Waals surface area contributed by atoms with Gasteiger partial charge in [-0.25, -0.2) is 4.79 Å². The zero-order valence-electron chi connectivity index (χ0n) is 11.7. The molecule has 0 spiro atoms. The van der Waals surface area contributed by atoms with Gasteiger partial charge in [0.1, 0.15) is 0 Å². The Bertz CT molecular complexity index is 520. The molecule has 6 heteroatoms. The monoisotopic (exact) mass is 278 g/mol. The average Bonchev–Trinajstić information content (AvgIpc) is 2.30. The van der Waals surface area contributed by atoms with Gasteiger partial charge < -0.3 is 10.4 Å². The Morgan fingerprint density at radius 1 is 1.15 bits per heavy atom. The van der Waals surface area contributed by atoms with Crippen molar-refractivity contribution in [2.45, 2.75) is 27.2 Å². The van der Waals surface area contributed by atoms with Crippen molar-refractivity contribution < 1.29 is 19.5 Å². The van der Waals surface area contributed by atoms with Gasteiger partial charge in [0.2, 0.25) is 5.91 Å². The van der Waals surface area contributed by atoms with E-state index in [0.717, 1.165) is 5.56 Å². The van der Waals surface area contributed by atoms with E-state index in [-0.39, 0.29) is 6.42 Å². The van der Waals surface area contributed by atoms with Crippen LogP contribution in [0.2, 0.25) is 0 Å². The van der Waals surface area contributed by atoms with Crippen LogP contribution in [0.25, 0.3) is 0 Å². The fraction of sp³-hybridized carbons (Fsp3) is 0.357. The Kier molecular flexibility index (Phi) is 4.85. The molecule has 0 saturated heterocycles. The highest BCUT2D eigenvalue weighted by Gasteiger charge is 2.30. The number of carbonyl (C=O) groups is 3. The van der Waals surface area contributed by atoms with Crippen LogP contribution >= 0.6 is 0 Å². The number of carbonyl (C=O) groups excluding carboxylic acids is 2. The molecule has 0 unspecified atom stereocenters. The van der Waals surface area contributed by atoms with E-state index in [4.69, 9.17) is 5.11 Å². The van der Waals surface area contributed by atoms with Gasteiger partial charge >= 0.3 is 12.0 Å². The highest BCUT2D eigenvalue weighted by atomic mass is 16.4. The van der Waals surface area contributed by atoms with Crippen LogP contribution in [0.1, 0.15) is 25.8 Å². The van der Waals surface area contributed by atoms with E-state index in [9.17, 15) is 14.4 Å². The predicted octanol–water partition coefficient (Wildman–Crippen LogP) is 2.14. The van der Waals surface area contributed by atoms with Crippen LogP contribution in [0.5, 0.6) is 0 Å². The van der Waals surface area contributed by atoms with Crippen molar-refractivity contribution in [2.75, 3.05) is 5.32 Å². The van der Waals surface area contributed by atoms with Crippen LogP contribution in [0.3, 0.4) is 0 Å². The third kappa shape index (κ3) is 4.72. The third-order valence-electron chi connectivity index (χ3n) is 2.74. The standard InChI is InChI=1S/C14H18N2O4/c1-9-4-6-10(7-5-9)15-13(20)16-11(17)8-14(2,3)12(18)19/h4-7H,8H2,1-3H3,(H,18,19)(H2,15,16,17,20). The molecular weight excluding hydrogens is 260 g/mol. The maximum Gasteiger partial charge on any atom is 0.325 e. The van der Waals surface area contributed by atoms with E-state index in [1.165, 1.54) is 13.8 Å². The number of amides is 3. The minimum atomic E-state index is -1.21. The first-order valence-corrected chi connectivity index (χ1v) is 6.11. The van der Waals surface area contributed by atoms with E-state index >= 15 is 0 Å². The summed E-state index contributed by atoms with van der Waals surface area (Å²) in [5.41, 5.74) is 0.391. The lowest BCUT2D eigenvalue weighted by Gasteiger charge is -2.17. The predicted molar refractivity (Wildman–Crippen MR) is 74.4 cm³/mol. The molecule has 0 saturated carbocycles. The van der Waals surface area contributed by atoms with Crippen molar-refractivity contribution in [3.8, 4) is 0 Å². The first kappa shape index (κ1) is 15.7. The lowest BCUT2D eigenvalue weighted by atomic mass is 9.89. The van der Waals surface area contributed by atoms with Gasteiger partial charge in [0.25, 0.3) is 0 Å². The third-order valence-corrected chi connectivity index (χ3v) is 2.74. The van der Waals surface area contributed by atoms with Gasteiger partial charge in [0, 0.05) is 12.1 Å². The second-order valence-electron chi connectivity index (χ2n) is 5.23. The van der Waals surface area contributed by atoms with Crippen molar-refractivity contribution in [3.05, 3.63) is 29.8 Å². The van der Waals surface area contributed by atoms with Crippen molar-refractivity contribution in [3.63, 3.8) is 0 Å². The Labute approximate surface area is 117 Å². The summed E-state index contributed by atoms with van der Waals surface area (Å²) in [6, 6.07) is 6.39. The molecule has 1 aromatic carbocycles. The molecule has 0 aliphatic heterocycles. The molecule has 0 aliphatic rings. The average molecular weight is 278 g/mol. The molecule has 0 fully saturated rings. The second-order valence-corrected chi connectivity index (χ2v) is 5.23. The largest absolute Gasteiger partial charge is 0.481 e. The van der Waals surface area contributed by atoms with Crippen LogP contribution in [-0.2, 0) is 9.59 Å². The normalized spacial score (nSPS) is 10.8. The Hall–Kier alpha value is -2.37. The molecule has 0 aliphatic carbocycles. The van der Waals surface area contributed by atoms with Gasteiger partial charge in [-0.05, 0) is 32.9 Å². The molecular formula is C14H18N2O4. The number of carboxylic acids is 1. The van der Waals surface area contributed by atoms with Gasteiger partial charge in [-0.2, -0.15) is 0 Å². The smallest absolute Gasteiger partial charge is 0.325 e. The molecule has 6 nitrogen and oxygen atoms in total. The van der Waals surface area contributed by atoms with Gasteiger partial charge in [0.15, 0.2) is 0 Å². The summed E-state index contributed by atoms with van der Waals surface area (Å²) >= 11 is 0. The summed E-state index contributed by atoms with van der Waals surface area (Å²) in [4.78, 5) is 34.0. The van der Waals surface area contributed by atoms with Crippen LogP contribution < -0.4 is 10.6 Å². The summed E-state index contributed by atoms with van der Waals surface area (Å²) in [5, 5.41) is 13.5. The van der Waals surface area contributed by atoms with Crippen LogP contribution in [0.4, 0.5) is 10.5 Å². The van der Waals surface area contributed by atoms with E-state index in [0.29, 0.717) is 5.69 Å². The number of nitrogens with one attached hydrogen (secondary N) is 2. The lowest BCUT2D eigenvalue weighted by molar-refractivity contribution is -0.149. The van der Waals surface area contributed by atoms with Crippen molar-refractivity contribution in [1.82, 2.24) is 5.32 Å². The lowest BCUT2D eigenvalue weighted by Crippen LogP contribution is -2.38. The minimum Gasteiger partial charge on any atom is -0.481 e. The molecule has 0 heterocycles. The molecule has 1 aromatic rings. The number of imide groups is 1. The quantitative estimate of drug-likeness (QED) is 0.786. The Morgan fingerprint density at radius 2 is 1.70 bits per heavy atom. The fourth-order valence-corrected chi connectivity index (χ4v) is 1.45. The highest BCUT2D eigenvalue weighted by Crippen LogP contribution is 2.20. The number of hydrogen-bond donors (Lipinski definition) is 3. The number of carboxylic acid groups (broad SMARTS) is 1. The number of urea groups is 1. The number of hydrogen-bond acceptors (Lipinski definition) is 3. The first-order valence-electron chi connectivity index (χ1n) is 6.11. The summed E-state index contributed by atoms with van der Waals surface area (Å²) in [6.07, 6.45) is -0.274. The molecule has 108 valence electrons. The first-order chi connectivity index (χ1) is 9.20. The molecule has 20 heavy (non-hydrogen) atoms. The molecule has 1 rings (SSSR count). The number of anilines is 1. The number of benzene rings is 1. The summed E-state index contributed by atoms with van der Waals surface area (Å²) in [6.45, 7) is 4.76. The van der Waals surface area contributed by atoms with E-state index in [1.54, 1.807) is 12.1 Å². The van der Waals surface area contributed by atoms with Crippen molar-refractivity contribution in [1.29, 1.82) is 0 Å². The van der Waals surface area contributed by atoms with Crippen LogP contribution in [-0.4, -0.2) is 23.0 Å². The number of aliphatic carboxylic acids is 1. The van der Waals surface area contributed by atoms with Gasteiger partial charge in [-0.1, -0.05) is 17.7 Å². The van der Waals surface area contributed by atoms with Crippen molar-refractivity contribution >= 4 is 23.6 Å². The molecule has 3 amide bonds. The number of aryl methyl sites for hydroxylation is 1. The summed E-state index contributed by atoms with van der Waals surface area (Å²) < 4.78 is 0. The maximum absolute atomic E-state index is 11.6. The molecule has 3 N–H and O–H groups in total. The number of rotatable bonds is 4. The van der Waals surface area contributed by atoms with Crippen LogP contribution in [0.15, 0.2) is 24.3 Å². The van der Waals surface area contributed by atoms with Gasteiger partial charge in [0.05, 0.1) is 5.41 Å². The van der Waals surface area contributed by atoms with E-state index < -0.39 is 23.3 Å². The summed E-state index contributed by atoms with van der Waals surface area (Å²) in [7, 11) is 0. The Balaban J connectivity index is 2.52. The molecule has 0 aromatic heterocycles. The SMILES string of the molecule is Cc1ccc(NC(=O)NC(=O)CC(C)(C)C(=O)O)cc1. The fourth-order valence-electron chi connectivity index (χ4n) is 1.45. The minimum absolute atomic E-state index is 0.274. The maximum atomic E-state index is 11.6. The topological polar surface area (TPSA) is 95.5 Å². The Morgan fingerprint density at radius 3 is 2.20 bits per heavy atom.